The fraction of sp³-hybridized carbons (Fsp3) is 0.286. The van der Waals surface area contributed by atoms with Gasteiger partial charge in [0.2, 0.25) is 0 Å². The molecule has 5 rings (SSSR count). The van der Waals surface area contributed by atoms with Crippen LogP contribution in [0.15, 0.2) is 66.0 Å². The van der Waals surface area contributed by atoms with Crippen LogP contribution >= 0.6 is 11.6 Å². The molecule has 0 radical (unpaired) electrons. The maximum atomic E-state index is 14.5. The average molecular weight is 509 g/mol. The summed E-state index contributed by atoms with van der Waals surface area (Å²) in [6, 6.07) is 15.5. The molecule has 186 valence electrons. The number of pyridine rings is 1. The van der Waals surface area contributed by atoms with E-state index in [9.17, 15) is 13.6 Å². The molecule has 1 aliphatic carbocycles. The first-order chi connectivity index (χ1) is 17.1. The third kappa shape index (κ3) is 4.55. The molecule has 2 aromatic carbocycles. The van der Waals surface area contributed by atoms with Crippen molar-refractivity contribution in [1.29, 1.82) is 0 Å². The number of aromatic nitrogens is 1. The zero-order valence-corrected chi connectivity index (χ0v) is 21.0. The zero-order valence-electron chi connectivity index (χ0n) is 20.3. The van der Waals surface area contributed by atoms with Crippen LogP contribution in [0.5, 0.6) is 0 Å². The second-order valence-electron chi connectivity index (χ2n) is 9.49. The quantitative estimate of drug-likeness (QED) is 0.352. The fourth-order valence-corrected chi connectivity index (χ4v) is 4.82. The molecular formula is C28H27ClF2N4O. The van der Waals surface area contributed by atoms with Crippen LogP contribution in [0, 0.1) is 19.8 Å². The third-order valence-electron chi connectivity index (χ3n) is 6.73. The van der Waals surface area contributed by atoms with E-state index in [-0.39, 0.29) is 5.56 Å². The molecule has 1 atom stereocenters. The third-order valence-corrected chi connectivity index (χ3v) is 7.03. The smallest absolute Gasteiger partial charge is 0.276 e. The van der Waals surface area contributed by atoms with Crippen molar-refractivity contribution < 1.29 is 13.6 Å². The number of halogens is 3. The van der Waals surface area contributed by atoms with Crippen LogP contribution in [-0.2, 0) is 10.7 Å². The topological polar surface area (TPSA) is 66.0 Å². The largest absolute Gasteiger partial charge is 0.362 e. The second kappa shape index (κ2) is 9.21. The van der Waals surface area contributed by atoms with E-state index in [1.807, 2.05) is 38.1 Å². The Bertz CT molecular complexity index is 1360. The number of allylic oxidation sites excluding steroid dienone is 1. The Morgan fingerprint density at radius 2 is 1.72 bits per heavy atom. The molecule has 1 aromatic heterocycles. The van der Waals surface area contributed by atoms with Gasteiger partial charge in [-0.05, 0) is 69.0 Å². The molecule has 1 saturated carbocycles. The molecule has 1 aliphatic heterocycles. The first-order valence-electron chi connectivity index (χ1n) is 11.9. The molecule has 36 heavy (non-hydrogen) atoms. The van der Waals surface area contributed by atoms with Gasteiger partial charge < -0.3 is 16.0 Å². The lowest BCUT2D eigenvalue weighted by atomic mass is 9.99. The monoisotopic (exact) mass is 508 g/mol. The molecule has 2 heterocycles. The highest BCUT2D eigenvalue weighted by Crippen LogP contribution is 2.49. The molecular weight excluding hydrogens is 482 g/mol. The van der Waals surface area contributed by atoms with E-state index in [4.69, 9.17) is 16.6 Å². The number of hydrogen-bond acceptors (Lipinski definition) is 4. The van der Waals surface area contributed by atoms with Crippen molar-refractivity contribution in [2.24, 2.45) is 5.92 Å². The number of hydrogen-bond donors (Lipinski definition) is 3. The van der Waals surface area contributed by atoms with Gasteiger partial charge in [-0.1, -0.05) is 41.9 Å². The molecule has 0 saturated heterocycles. The Balaban J connectivity index is 1.34. The molecule has 0 spiro atoms. The van der Waals surface area contributed by atoms with Crippen molar-refractivity contribution in [3.63, 3.8) is 0 Å². The minimum absolute atomic E-state index is 0.0757. The van der Waals surface area contributed by atoms with E-state index < -0.39 is 23.9 Å². The van der Waals surface area contributed by atoms with Crippen LogP contribution in [0.4, 0.5) is 14.5 Å². The molecule has 2 aliphatic rings. The van der Waals surface area contributed by atoms with Gasteiger partial charge in [0.25, 0.3) is 11.8 Å². The molecule has 3 N–H and O–H groups in total. The molecule has 1 unspecified atom stereocenters. The van der Waals surface area contributed by atoms with Gasteiger partial charge in [-0.15, -0.1) is 0 Å². The van der Waals surface area contributed by atoms with Gasteiger partial charge in [0.05, 0.1) is 16.4 Å². The summed E-state index contributed by atoms with van der Waals surface area (Å²) < 4.78 is 29.1. The zero-order chi connectivity index (χ0) is 25.6. The van der Waals surface area contributed by atoms with Crippen molar-refractivity contribution in [2.45, 2.75) is 45.7 Å². The minimum Gasteiger partial charge on any atom is -0.362 e. The summed E-state index contributed by atoms with van der Waals surface area (Å²) in [6.07, 6.45) is 0.601. The van der Waals surface area contributed by atoms with E-state index in [0.717, 1.165) is 16.7 Å². The number of nitrogens with zero attached hydrogens (tertiary/aromatic N) is 1. The van der Waals surface area contributed by atoms with Crippen molar-refractivity contribution in [2.75, 3.05) is 5.32 Å². The molecule has 1 amide bonds. The lowest BCUT2D eigenvalue weighted by molar-refractivity contribution is -0.113. The first kappa shape index (κ1) is 24.3. The lowest BCUT2D eigenvalue weighted by Crippen LogP contribution is -2.28. The molecule has 8 heteroatoms. The van der Waals surface area contributed by atoms with Crippen LogP contribution in [0.1, 0.15) is 48.3 Å². The van der Waals surface area contributed by atoms with Gasteiger partial charge in [0.1, 0.15) is 11.9 Å². The first-order valence-corrected chi connectivity index (χ1v) is 12.3. The van der Waals surface area contributed by atoms with Crippen LogP contribution in [0.3, 0.4) is 0 Å². The number of carbonyl (C=O) groups excluding carboxylic acids is 1. The standard InChI is InChI=1S/C28H27ClF2N4O/c1-15-6-4-7-16(2)23(15)25-21(29)12-13-22(34-25)26-32-17(3)24(35-26)27(36)33-20-9-5-8-19(14-20)28(30,31)18-10-11-18/h4-9,12-14,18,26,32,35H,10-11H2,1-3H3,(H,33,36). The van der Waals surface area contributed by atoms with Crippen molar-refractivity contribution in [3.8, 4) is 11.3 Å². The Morgan fingerprint density at radius 3 is 2.42 bits per heavy atom. The van der Waals surface area contributed by atoms with E-state index in [0.29, 0.717) is 46.3 Å². The van der Waals surface area contributed by atoms with E-state index in [1.54, 1.807) is 25.1 Å². The predicted molar refractivity (Wildman–Crippen MR) is 138 cm³/mol. The molecule has 5 nitrogen and oxygen atoms in total. The van der Waals surface area contributed by atoms with E-state index >= 15 is 0 Å². The fourth-order valence-electron chi connectivity index (χ4n) is 4.62. The van der Waals surface area contributed by atoms with Crippen molar-refractivity contribution >= 4 is 23.2 Å². The predicted octanol–water partition coefficient (Wildman–Crippen LogP) is 6.58. The Kier molecular flexibility index (Phi) is 6.20. The number of aryl methyl sites for hydroxylation is 2. The van der Waals surface area contributed by atoms with Crippen LogP contribution in [-0.4, -0.2) is 10.9 Å². The summed E-state index contributed by atoms with van der Waals surface area (Å²) in [4.78, 5) is 17.9. The van der Waals surface area contributed by atoms with Gasteiger partial charge >= 0.3 is 0 Å². The Labute approximate surface area is 214 Å². The average Bonchev–Trinajstić information content (AvgIpc) is 3.63. The number of benzene rings is 2. The number of nitrogens with one attached hydrogen (secondary N) is 3. The van der Waals surface area contributed by atoms with Gasteiger partial charge in [0, 0.05) is 28.4 Å². The van der Waals surface area contributed by atoms with Gasteiger partial charge in [0.15, 0.2) is 0 Å². The van der Waals surface area contributed by atoms with Crippen LogP contribution in [0.25, 0.3) is 11.3 Å². The number of carbonyl (C=O) groups is 1. The van der Waals surface area contributed by atoms with Crippen LogP contribution in [0.2, 0.25) is 5.02 Å². The SMILES string of the molecule is CC1=C(C(=O)Nc2cccc(C(F)(F)C3CC3)c2)NC(c2ccc(Cl)c(-c3c(C)cccc3C)n2)N1. The number of rotatable bonds is 6. The normalized spacial score (nSPS) is 17.6. The van der Waals surface area contributed by atoms with Crippen molar-refractivity contribution in [1.82, 2.24) is 15.6 Å². The van der Waals surface area contributed by atoms with Crippen LogP contribution < -0.4 is 16.0 Å². The highest BCUT2D eigenvalue weighted by atomic mass is 35.5. The van der Waals surface area contributed by atoms with Gasteiger partial charge in [-0.25, -0.2) is 13.8 Å². The summed E-state index contributed by atoms with van der Waals surface area (Å²) in [5.74, 6) is -3.92. The highest BCUT2D eigenvalue weighted by molar-refractivity contribution is 6.33. The summed E-state index contributed by atoms with van der Waals surface area (Å²) in [7, 11) is 0. The van der Waals surface area contributed by atoms with Gasteiger partial charge in [-0.3, -0.25) is 4.79 Å². The highest BCUT2D eigenvalue weighted by Gasteiger charge is 2.48. The number of amides is 1. The van der Waals surface area contributed by atoms with Crippen molar-refractivity contribution in [3.05, 3.63) is 93.4 Å². The summed E-state index contributed by atoms with van der Waals surface area (Å²) >= 11 is 6.52. The minimum atomic E-state index is -2.89. The van der Waals surface area contributed by atoms with E-state index in [2.05, 4.69) is 16.0 Å². The van der Waals surface area contributed by atoms with E-state index in [1.165, 1.54) is 12.1 Å². The molecule has 1 fully saturated rings. The maximum Gasteiger partial charge on any atom is 0.276 e. The lowest BCUT2D eigenvalue weighted by Gasteiger charge is -2.18. The summed E-state index contributed by atoms with van der Waals surface area (Å²) in [5, 5.41) is 9.72. The van der Waals surface area contributed by atoms with Gasteiger partial charge in [-0.2, -0.15) is 0 Å². The Hall–Kier alpha value is -3.45. The molecule has 3 aromatic rings. The second-order valence-corrected chi connectivity index (χ2v) is 9.89. The summed E-state index contributed by atoms with van der Waals surface area (Å²) in [6.45, 7) is 5.81. The Morgan fingerprint density at radius 1 is 1.03 bits per heavy atom. The maximum absolute atomic E-state index is 14.5. The summed E-state index contributed by atoms with van der Waals surface area (Å²) in [5.41, 5.74) is 5.66. The number of anilines is 1. The molecule has 0 bridgehead atoms. The number of alkyl halides is 2.